The summed E-state index contributed by atoms with van der Waals surface area (Å²) in [5.41, 5.74) is 0.158. The summed E-state index contributed by atoms with van der Waals surface area (Å²) in [6, 6.07) is 3.22. The van der Waals surface area contributed by atoms with Crippen molar-refractivity contribution in [1.82, 2.24) is 15.2 Å². The van der Waals surface area contributed by atoms with Gasteiger partial charge in [-0.15, -0.1) is 0 Å². The third kappa shape index (κ3) is 6.00. The van der Waals surface area contributed by atoms with Crippen LogP contribution in [0.15, 0.2) is 30.5 Å². The van der Waals surface area contributed by atoms with E-state index in [2.05, 4.69) is 10.3 Å². The number of amides is 2. The van der Waals surface area contributed by atoms with Crippen LogP contribution >= 0.6 is 0 Å². The van der Waals surface area contributed by atoms with Crippen LogP contribution in [-0.4, -0.2) is 69.4 Å². The molecule has 3 atom stereocenters. The third-order valence-electron chi connectivity index (χ3n) is 8.21. The van der Waals surface area contributed by atoms with Gasteiger partial charge in [-0.1, -0.05) is 45.3 Å². The van der Waals surface area contributed by atoms with Gasteiger partial charge in [0.1, 0.15) is 23.9 Å². The molecule has 4 bridgehead atoms. The number of carbonyl (C=O) groups is 3. The number of alkyl carbamates (subject to hydrolysis) is 1. The normalized spacial score (nSPS) is 26.9. The maximum Gasteiger partial charge on any atom is 0.407 e. The molecule has 214 valence electrons. The van der Waals surface area contributed by atoms with Gasteiger partial charge >= 0.3 is 12.1 Å². The van der Waals surface area contributed by atoms with Gasteiger partial charge in [0.15, 0.2) is 0 Å². The van der Waals surface area contributed by atoms with Gasteiger partial charge < -0.3 is 29.9 Å². The molecule has 5 rings (SSSR count). The molecule has 2 aromatic rings. The smallest absolute Gasteiger partial charge is 0.407 e. The summed E-state index contributed by atoms with van der Waals surface area (Å²) in [7, 11) is 0. The van der Waals surface area contributed by atoms with Crippen molar-refractivity contribution in [3.63, 3.8) is 0 Å². The summed E-state index contributed by atoms with van der Waals surface area (Å²) >= 11 is 0. The first-order valence-corrected chi connectivity index (χ1v) is 14.0. The molecule has 1 saturated heterocycles. The van der Waals surface area contributed by atoms with Crippen LogP contribution in [0, 0.1) is 11.3 Å². The van der Waals surface area contributed by atoms with E-state index in [4.69, 9.17) is 9.47 Å². The van der Waals surface area contributed by atoms with Crippen molar-refractivity contribution < 1.29 is 34.1 Å². The SMILES string of the molecule is CC1(C)C/C=C/c2cc3c(nccc3cc2O)O[C@@H]2CC(C(=O)O)N(C2)C(=O)[C@H](C2CCCCC2)NC(=O)OC1. The van der Waals surface area contributed by atoms with Crippen molar-refractivity contribution in [2.24, 2.45) is 11.3 Å². The number of hydrogen-bond acceptors (Lipinski definition) is 7. The zero-order valence-corrected chi connectivity index (χ0v) is 23.0. The van der Waals surface area contributed by atoms with Crippen molar-refractivity contribution >= 4 is 34.8 Å². The van der Waals surface area contributed by atoms with Crippen molar-refractivity contribution in [2.45, 2.75) is 77.0 Å². The molecule has 2 aliphatic heterocycles. The number of allylic oxidation sites excluding steroid dienone is 1. The minimum Gasteiger partial charge on any atom is -0.507 e. The van der Waals surface area contributed by atoms with Crippen LogP contribution in [0.5, 0.6) is 11.6 Å². The number of benzene rings is 1. The topological polar surface area (TPSA) is 138 Å². The van der Waals surface area contributed by atoms with E-state index in [0.717, 1.165) is 37.5 Å². The standard InChI is InChI=1S/C30H37N3O7/c1-30(2)11-6-9-20-13-22-19(14-24(20)34)10-12-31-26(22)40-21-15-23(28(36)37)33(16-21)27(35)25(32-29(38)39-17-30)18-7-4-3-5-8-18/h6,9-10,12-14,18,21,23,25,34H,3-5,7-8,11,15-17H2,1-2H3,(H,32,38)(H,36,37)/b9-6+/t21-,23?,25+/m1/s1. The monoisotopic (exact) mass is 551 g/mol. The molecule has 0 spiro atoms. The van der Waals surface area contributed by atoms with Crippen molar-refractivity contribution in [3.8, 4) is 11.6 Å². The second-order valence-electron chi connectivity index (χ2n) is 11.9. The van der Waals surface area contributed by atoms with E-state index in [1.54, 1.807) is 24.4 Å². The molecule has 2 fully saturated rings. The predicted molar refractivity (Wildman–Crippen MR) is 148 cm³/mol. The molecule has 1 aliphatic carbocycles. The summed E-state index contributed by atoms with van der Waals surface area (Å²) < 4.78 is 11.8. The highest BCUT2D eigenvalue weighted by atomic mass is 16.5. The fourth-order valence-corrected chi connectivity index (χ4v) is 5.97. The first kappa shape index (κ1) is 27.7. The molecule has 1 aromatic heterocycles. The summed E-state index contributed by atoms with van der Waals surface area (Å²) in [6.45, 7) is 4.09. The Morgan fingerprint density at radius 3 is 2.70 bits per heavy atom. The zero-order chi connectivity index (χ0) is 28.4. The lowest BCUT2D eigenvalue weighted by Gasteiger charge is -2.34. The molecule has 40 heavy (non-hydrogen) atoms. The van der Waals surface area contributed by atoms with Gasteiger partial charge in [-0.3, -0.25) is 4.79 Å². The molecule has 2 amide bonds. The number of aromatic hydroxyl groups is 1. The number of carboxylic acid groups (broad SMARTS) is 1. The van der Waals surface area contributed by atoms with E-state index in [0.29, 0.717) is 23.3 Å². The number of ether oxygens (including phenoxy) is 2. The van der Waals surface area contributed by atoms with Crippen LogP contribution in [0.1, 0.15) is 64.4 Å². The number of cyclic esters (lactones) is 1. The van der Waals surface area contributed by atoms with Crippen LogP contribution in [-0.2, 0) is 14.3 Å². The molecule has 10 heteroatoms. The highest BCUT2D eigenvalue weighted by Gasteiger charge is 2.45. The van der Waals surface area contributed by atoms with E-state index in [1.165, 1.54) is 4.90 Å². The summed E-state index contributed by atoms with van der Waals surface area (Å²) in [6.07, 6.45) is 9.15. The number of nitrogens with one attached hydrogen (secondary N) is 1. The second-order valence-corrected chi connectivity index (χ2v) is 11.9. The number of aromatic nitrogens is 1. The fraction of sp³-hybridized carbons (Fsp3) is 0.533. The van der Waals surface area contributed by atoms with Gasteiger partial charge in [0.05, 0.1) is 13.2 Å². The Bertz CT molecular complexity index is 1320. The van der Waals surface area contributed by atoms with Crippen LogP contribution in [0.4, 0.5) is 4.79 Å². The molecule has 1 unspecified atom stereocenters. The molecule has 1 saturated carbocycles. The van der Waals surface area contributed by atoms with Gasteiger partial charge in [-0.2, -0.15) is 0 Å². The largest absolute Gasteiger partial charge is 0.507 e. The first-order valence-electron chi connectivity index (χ1n) is 14.0. The number of carbonyl (C=O) groups excluding carboxylic acids is 2. The zero-order valence-electron chi connectivity index (χ0n) is 23.0. The minimum atomic E-state index is -1.12. The average Bonchev–Trinajstić information content (AvgIpc) is 3.35. The Balaban J connectivity index is 1.53. The highest BCUT2D eigenvalue weighted by Crippen LogP contribution is 2.34. The van der Waals surface area contributed by atoms with E-state index >= 15 is 0 Å². The Morgan fingerprint density at radius 2 is 1.95 bits per heavy atom. The number of aliphatic carboxylic acids is 1. The van der Waals surface area contributed by atoms with Crippen LogP contribution < -0.4 is 10.1 Å². The number of fused-ring (bicyclic) bond motifs is 3. The minimum absolute atomic E-state index is 0.0473. The Kier molecular flexibility index (Phi) is 7.87. The van der Waals surface area contributed by atoms with Crippen LogP contribution in [0.25, 0.3) is 16.8 Å². The van der Waals surface area contributed by atoms with Crippen molar-refractivity contribution in [2.75, 3.05) is 13.2 Å². The Hall–Kier alpha value is -3.82. The van der Waals surface area contributed by atoms with Crippen LogP contribution in [0.2, 0.25) is 0 Å². The summed E-state index contributed by atoms with van der Waals surface area (Å²) in [5.74, 6) is -1.25. The number of hydrogen-bond donors (Lipinski definition) is 3. The van der Waals surface area contributed by atoms with Crippen LogP contribution in [0.3, 0.4) is 0 Å². The molecule has 0 radical (unpaired) electrons. The number of phenolic OH excluding ortho intramolecular Hbond substituents is 1. The van der Waals surface area contributed by atoms with E-state index in [-0.39, 0.29) is 31.2 Å². The number of rotatable bonds is 2. The lowest BCUT2D eigenvalue weighted by Crippen LogP contribution is -2.55. The van der Waals surface area contributed by atoms with E-state index in [1.807, 2.05) is 26.0 Å². The van der Waals surface area contributed by atoms with E-state index in [9.17, 15) is 24.6 Å². The number of carboxylic acids is 1. The predicted octanol–water partition coefficient (Wildman–Crippen LogP) is 4.49. The van der Waals surface area contributed by atoms with Crippen molar-refractivity contribution in [1.29, 1.82) is 0 Å². The molecule has 10 nitrogen and oxygen atoms in total. The van der Waals surface area contributed by atoms with Crippen molar-refractivity contribution in [3.05, 3.63) is 36.0 Å². The van der Waals surface area contributed by atoms with Gasteiger partial charge in [-0.05, 0) is 48.8 Å². The van der Waals surface area contributed by atoms with Gasteiger partial charge in [0, 0.05) is 29.0 Å². The second kappa shape index (κ2) is 11.3. The molecular weight excluding hydrogens is 514 g/mol. The average molecular weight is 552 g/mol. The number of phenols is 1. The lowest BCUT2D eigenvalue weighted by atomic mass is 9.83. The molecular formula is C30H37N3O7. The summed E-state index contributed by atoms with van der Waals surface area (Å²) in [5, 5.41) is 24.8. The van der Waals surface area contributed by atoms with E-state index < -0.39 is 41.6 Å². The fourth-order valence-electron chi connectivity index (χ4n) is 5.97. The third-order valence-corrected chi connectivity index (χ3v) is 8.21. The molecule has 3 aliphatic rings. The van der Waals surface area contributed by atoms with Gasteiger partial charge in [-0.25, -0.2) is 14.6 Å². The molecule has 3 N–H and O–H groups in total. The highest BCUT2D eigenvalue weighted by molar-refractivity contribution is 5.91. The van der Waals surface area contributed by atoms with Gasteiger partial charge in [0.2, 0.25) is 11.8 Å². The quantitative estimate of drug-likeness (QED) is 0.496. The molecule has 3 heterocycles. The maximum atomic E-state index is 13.9. The lowest BCUT2D eigenvalue weighted by molar-refractivity contribution is -0.149. The molecule has 1 aromatic carbocycles. The number of nitrogens with zero attached hydrogens (tertiary/aromatic N) is 2. The Labute approximate surface area is 233 Å². The Morgan fingerprint density at radius 1 is 1.18 bits per heavy atom. The first-order chi connectivity index (χ1) is 19.1. The number of pyridine rings is 1. The maximum absolute atomic E-state index is 13.9. The summed E-state index contributed by atoms with van der Waals surface area (Å²) in [4.78, 5) is 44.9. The van der Waals surface area contributed by atoms with Gasteiger partial charge in [0.25, 0.3) is 0 Å².